The van der Waals surface area contributed by atoms with Crippen LogP contribution in [-0.4, -0.2) is 17.1 Å². The Morgan fingerprint density at radius 1 is 1.12 bits per heavy atom. The lowest BCUT2D eigenvalue weighted by Gasteiger charge is -2.30. The SMILES string of the molecule is C[C@@H]1CCCC[C@@H]1NC(=S)NNC(=O)c1cc2c(s1)CCCCC2. The van der Waals surface area contributed by atoms with E-state index in [-0.39, 0.29) is 5.91 Å². The minimum atomic E-state index is -0.0890. The van der Waals surface area contributed by atoms with Gasteiger partial charge < -0.3 is 5.32 Å². The number of hydrazine groups is 1. The van der Waals surface area contributed by atoms with E-state index in [2.05, 4.69) is 29.2 Å². The maximum Gasteiger partial charge on any atom is 0.279 e. The van der Waals surface area contributed by atoms with E-state index in [0.29, 0.717) is 17.1 Å². The summed E-state index contributed by atoms with van der Waals surface area (Å²) in [4.78, 5) is 14.5. The first-order valence-corrected chi connectivity index (χ1v) is 10.3. The maximum absolute atomic E-state index is 12.4. The zero-order chi connectivity index (χ0) is 16.9. The molecular weight excluding hydrogens is 338 g/mol. The summed E-state index contributed by atoms with van der Waals surface area (Å²) in [6, 6.07) is 2.47. The van der Waals surface area contributed by atoms with Gasteiger partial charge in [0.1, 0.15) is 0 Å². The summed E-state index contributed by atoms with van der Waals surface area (Å²) in [6.45, 7) is 2.26. The highest BCUT2D eigenvalue weighted by atomic mass is 32.1. The van der Waals surface area contributed by atoms with Crippen LogP contribution in [0.1, 0.15) is 72.0 Å². The average molecular weight is 366 g/mol. The molecule has 1 heterocycles. The van der Waals surface area contributed by atoms with Gasteiger partial charge in [-0.05, 0) is 68.3 Å². The molecule has 0 unspecified atom stereocenters. The molecule has 2 aliphatic rings. The minimum Gasteiger partial charge on any atom is -0.358 e. The Morgan fingerprint density at radius 2 is 1.92 bits per heavy atom. The second-order valence-corrected chi connectivity index (χ2v) is 8.59. The minimum absolute atomic E-state index is 0.0890. The zero-order valence-electron chi connectivity index (χ0n) is 14.3. The Labute approximate surface area is 153 Å². The molecule has 132 valence electrons. The van der Waals surface area contributed by atoms with Crippen molar-refractivity contribution >= 4 is 34.6 Å². The van der Waals surface area contributed by atoms with E-state index in [1.165, 1.54) is 49.0 Å². The topological polar surface area (TPSA) is 53.2 Å². The monoisotopic (exact) mass is 365 g/mol. The van der Waals surface area contributed by atoms with Crippen molar-refractivity contribution in [3.8, 4) is 0 Å². The molecule has 1 aromatic rings. The van der Waals surface area contributed by atoms with Crippen molar-refractivity contribution in [1.82, 2.24) is 16.2 Å². The Bertz CT molecular complexity index is 576. The van der Waals surface area contributed by atoms with Crippen LogP contribution >= 0.6 is 23.6 Å². The predicted octanol–water partition coefficient (Wildman–Crippen LogP) is 3.70. The first-order valence-electron chi connectivity index (χ1n) is 9.12. The van der Waals surface area contributed by atoms with Gasteiger partial charge in [-0.3, -0.25) is 15.6 Å². The lowest BCUT2D eigenvalue weighted by molar-refractivity contribution is 0.0947. The third-order valence-electron chi connectivity index (χ3n) is 5.19. The molecule has 4 nitrogen and oxygen atoms in total. The van der Waals surface area contributed by atoms with Crippen LogP contribution in [0.15, 0.2) is 6.07 Å². The van der Waals surface area contributed by atoms with Crippen molar-refractivity contribution in [2.45, 2.75) is 70.8 Å². The Kier molecular flexibility index (Phi) is 6.11. The first kappa shape index (κ1) is 17.7. The van der Waals surface area contributed by atoms with Gasteiger partial charge in [-0.2, -0.15) is 0 Å². The highest BCUT2D eigenvalue weighted by Crippen LogP contribution is 2.28. The molecule has 1 fully saturated rings. The molecule has 0 bridgehead atoms. The van der Waals surface area contributed by atoms with Crippen LogP contribution in [0.25, 0.3) is 0 Å². The van der Waals surface area contributed by atoms with E-state index in [1.54, 1.807) is 11.3 Å². The molecule has 0 spiro atoms. The molecule has 6 heteroatoms. The fraction of sp³-hybridized carbons (Fsp3) is 0.667. The Morgan fingerprint density at radius 3 is 2.75 bits per heavy atom. The highest BCUT2D eigenvalue weighted by molar-refractivity contribution is 7.80. The summed E-state index contributed by atoms with van der Waals surface area (Å²) in [5.74, 6) is 0.538. The molecule has 0 radical (unpaired) electrons. The van der Waals surface area contributed by atoms with E-state index >= 15 is 0 Å². The summed E-state index contributed by atoms with van der Waals surface area (Å²) in [7, 11) is 0. The van der Waals surface area contributed by atoms with Crippen LogP contribution in [-0.2, 0) is 12.8 Å². The molecule has 0 aromatic carbocycles. The number of hydrogen-bond donors (Lipinski definition) is 3. The lowest BCUT2D eigenvalue weighted by atomic mass is 9.86. The largest absolute Gasteiger partial charge is 0.358 e. The molecular formula is C18H27N3OS2. The van der Waals surface area contributed by atoms with Crippen molar-refractivity contribution < 1.29 is 4.79 Å². The molecule has 2 aliphatic carbocycles. The fourth-order valence-corrected chi connectivity index (χ4v) is 5.04. The first-order chi connectivity index (χ1) is 11.6. The number of amides is 1. The molecule has 1 amide bonds. The number of carbonyl (C=O) groups excluding carboxylic acids is 1. The molecule has 1 saturated carbocycles. The van der Waals surface area contributed by atoms with E-state index < -0.39 is 0 Å². The van der Waals surface area contributed by atoms with Crippen molar-refractivity contribution in [2.75, 3.05) is 0 Å². The van der Waals surface area contributed by atoms with Gasteiger partial charge in [-0.1, -0.05) is 26.2 Å². The third-order valence-corrected chi connectivity index (χ3v) is 6.64. The fourth-order valence-electron chi connectivity index (χ4n) is 3.69. The molecule has 2 atom stereocenters. The molecule has 3 N–H and O–H groups in total. The van der Waals surface area contributed by atoms with Gasteiger partial charge in [0, 0.05) is 10.9 Å². The van der Waals surface area contributed by atoms with Crippen molar-refractivity contribution in [2.24, 2.45) is 5.92 Å². The van der Waals surface area contributed by atoms with Gasteiger partial charge in [-0.25, -0.2) is 0 Å². The van der Waals surface area contributed by atoms with Crippen LogP contribution < -0.4 is 16.2 Å². The predicted molar refractivity (Wildman–Crippen MR) is 103 cm³/mol. The number of hydrogen-bond acceptors (Lipinski definition) is 3. The number of carbonyl (C=O) groups is 1. The summed E-state index contributed by atoms with van der Waals surface area (Å²) < 4.78 is 0. The van der Waals surface area contributed by atoms with Gasteiger partial charge in [-0.15, -0.1) is 11.3 Å². The summed E-state index contributed by atoms with van der Waals surface area (Å²) in [6.07, 6.45) is 10.9. The average Bonchev–Trinajstić information content (AvgIpc) is 2.86. The lowest BCUT2D eigenvalue weighted by Crippen LogP contribution is -2.51. The normalized spacial score (nSPS) is 23.7. The Hall–Kier alpha value is -1.14. The van der Waals surface area contributed by atoms with Gasteiger partial charge >= 0.3 is 0 Å². The maximum atomic E-state index is 12.4. The van der Waals surface area contributed by atoms with E-state index in [1.807, 2.05) is 0 Å². The second kappa shape index (κ2) is 8.30. The van der Waals surface area contributed by atoms with Crippen LogP contribution in [0.5, 0.6) is 0 Å². The number of fused-ring (bicyclic) bond motifs is 1. The molecule has 3 rings (SSSR count). The number of aryl methyl sites for hydroxylation is 2. The van der Waals surface area contributed by atoms with Gasteiger partial charge in [0.15, 0.2) is 5.11 Å². The second-order valence-electron chi connectivity index (χ2n) is 7.04. The molecule has 1 aromatic heterocycles. The van der Waals surface area contributed by atoms with Gasteiger partial charge in [0.2, 0.25) is 0 Å². The number of thiocarbonyl (C=S) groups is 1. The van der Waals surface area contributed by atoms with Gasteiger partial charge in [0.25, 0.3) is 5.91 Å². The van der Waals surface area contributed by atoms with Crippen molar-refractivity contribution in [3.05, 3.63) is 21.4 Å². The van der Waals surface area contributed by atoms with Crippen LogP contribution in [0.3, 0.4) is 0 Å². The van der Waals surface area contributed by atoms with E-state index in [4.69, 9.17) is 12.2 Å². The summed E-state index contributed by atoms with van der Waals surface area (Å²) >= 11 is 6.96. The molecule has 0 aliphatic heterocycles. The zero-order valence-corrected chi connectivity index (χ0v) is 16.0. The number of rotatable bonds is 2. The van der Waals surface area contributed by atoms with E-state index in [9.17, 15) is 4.79 Å². The van der Waals surface area contributed by atoms with Crippen LogP contribution in [0.2, 0.25) is 0 Å². The molecule has 0 saturated heterocycles. The van der Waals surface area contributed by atoms with Crippen molar-refractivity contribution in [1.29, 1.82) is 0 Å². The highest BCUT2D eigenvalue weighted by Gasteiger charge is 2.22. The Balaban J connectivity index is 1.49. The standard InChI is InChI=1S/C18H27N3OS2/c1-12-7-5-6-9-14(12)19-18(23)21-20-17(22)16-11-13-8-3-2-4-10-15(13)24-16/h11-12,14H,2-10H2,1H3,(H,20,22)(H2,19,21,23)/t12-,14+/m1/s1. The van der Waals surface area contributed by atoms with Crippen LogP contribution in [0.4, 0.5) is 0 Å². The number of thiophene rings is 1. The van der Waals surface area contributed by atoms with Crippen LogP contribution in [0, 0.1) is 5.92 Å². The third kappa shape index (κ3) is 4.48. The molecule has 24 heavy (non-hydrogen) atoms. The van der Waals surface area contributed by atoms with Crippen molar-refractivity contribution in [3.63, 3.8) is 0 Å². The number of nitrogens with one attached hydrogen (secondary N) is 3. The van der Waals surface area contributed by atoms with E-state index in [0.717, 1.165) is 24.1 Å². The smallest absolute Gasteiger partial charge is 0.279 e. The summed E-state index contributed by atoms with van der Waals surface area (Å²) in [5.41, 5.74) is 6.98. The quantitative estimate of drug-likeness (QED) is 0.425. The summed E-state index contributed by atoms with van der Waals surface area (Å²) in [5, 5.41) is 3.86. The van der Waals surface area contributed by atoms with Gasteiger partial charge in [0.05, 0.1) is 4.88 Å².